The van der Waals surface area contributed by atoms with E-state index in [4.69, 9.17) is 0 Å². The molecule has 0 heterocycles. The molecule has 0 aromatic rings. The van der Waals surface area contributed by atoms with Gasteiger partial charge in [0.05, 0.1) is 12.2 Å². The Hall–Kier alpha value is -0.0800. The smallest absolute Gasteiger partial charge is 0.0905 e. The van der Waals surface area contributed by atoms with Crippen LogP contribution in [0.2, 0.25) is 0 Å². The molecule has 2 nitrogen and oxygen atoms in total. The fourth-order valence-electron chi connectivity index (χ4n) is 8.00. The van der Waals surface area contributed by atoms with Crippen LogP contribution in [0, 0.1) is 34.0 Å². The molecule has 22 heavy (non-hydrogen) atoms. The van der Waals surface area contributed by atoms with E-state index in [1.165, 1.54) is 44.9 Å². The van der Waals surface area contributed by atoms with Crippen LogP contribution in [0.4, 0.5) is 0 Å². The Balaban J connectivity index is 1.74. The van der Waals surface area contributed by atoms with Crippen LogP contribution in [0.5, 0.6) is 0 Å². The summed E-state index contributed by atoms with van der Waals surface area (Å²) in [7, 11) is 0. The number of hydrogen-bond acceptors (Lipinski definition) is 2. The minimum absolute atomic E-state index is 0.0356. The van der Waals surface area contributed by atoms with Crippen molar-refractivity contribution in [1.29, 1.82) is 0 Å². The highest BCUT2D eigenvalue weighted by Crippen LogP contribution is 2.75. The minimum atomic E-state index is -0.779. The molecule has 2 heteroatoms. The molecule has 0 unspecified atom stereocenters. The summed E-state index contributed by atoms with van der Waals surface area (Å²) in [4.78, 5) is 0. The Morgan fingerprint density at radius 3 is 2.45 bits per heavy atom. The second-order valence-corrected chi connectivity index (χ2v) is 10.1. The van der Waals surface area contributed by atoms with Gasteiger partial charge >= 0.3 is 0 Å². The van der Waals surface area contributed by atoms with Crippen molar-refractivity contribution >= 4 is 0 Å². The van der Waals surface area contributed by atoms with E-state index in [0.717, 1.165) is 24.7 Å². The van der Waals surface area contributed by atoms with Crippen molar-refractivity contribution in [1.82, 2.24) is 0 Å². The van der Waals surface area contributed by atoms with Crippen molar-refractivity contribution < 1.29 is 10.2 Å². The first-order valence-corrected chi connectivity index (χ1v) is 9.61. The average molecular weight is 306 g/mol. The van der Waals surface area contributed by atoms with Crippen LogP contribution in [0.25, 0.3) is 0 Å². The van der Waals surface area contributed by atoms with E-state index >= 15 is 0 Å². The van der Waals surface area contributed by atoms with Gasteiger partial charge < -0.3 is 10.2 Å². The zero-order valence-corrected chi connectivity index (χ0v) is 14.7. The largest absolute Gasteiger partial charge is 0.393 e. The number of hydrogen-bond donors (Lipinski definition) is 2. The first-order valence-electron chi connectivity index (χ1n) is 9.61. The summed E-state index contributed by atoms with van der Waals surface area (Å²) in [6.07, 6.45) is 11.2. The fourth-order valence-corrected chi connectivity index (χ4v) is 8.00. The third-order valence-electron chi connectivity index (χ3n) is 9.17. The van der Waals surface area contributed by atoms with Gasteiger partial charge in [-0.1, -0.05) is 27.2 Å². The third-order valence-corrected chi connectivity index (χ3v) is 9.17. The van der Waals surface area contributed by atoms with Crippen LogP contribution in [0.15, 0.2) is 0 Å². The third kappa shape index (κ3) is 1.69. The van der Waals surface area contributed by atoms with Crippen LogP contribution >= 0.6 is 0 Å². The van der Waals surface area contributed by atoms with E-state index in [2.05, 4.69) is 20.8 Å². The summed E-state index contributed by atoms with van der Waals surface area (Å²) >= 11 is 0. The quantitative estimate of drug-likeness (QED) is 0.764. The Labute approximate surface area is 135 Å². The highest BCUT2D eigenvalue weighted by Gasteiger charge is 2.68. The fraction of sp³-hybridized carbons (Fsp3) is 1.00. The van der Waals surface area contributed by atoms with Gasteiger partial charge in [-0.3, -0.25) is 0 Å². The molecular formula is C20H34O2. The molecule has 0 amide bonds. The predicted octanol–water partition coefficient (Wildman–Crippen LogP) is 4.14. The molecule has 4 saturated carbocycles. The molecule has 1 spiro atoms. The second kappa shape index (κ2) is 4.51. The summed E-state index contributed by atoms with van der Waals surface area (Å²) in [6, 6.07) is 0. The number of fused-ring (bicyclic) bond motifs is 2. The van der Waals surface area contributed by atoms with Crippen molar-refractivity contribution in [3.8, 4) is 0 Å². The number of rotatable bonds is 1. The Morgan fingerprint density at radius 2 is 1.73 bits per heavy atom. The van der Waals surface area contributed by atoms with Crippen molar-refractivity contribution in [2.24, 2.45) is 34.0 Å². The summed E-state index contributed by atoms with van der Waals surface area (Å²) in [5.41, 5.74) is 0.622. The van der Waals surface area contributed by atoms with E-state index in [-0.39, 0.29) is 6.61 Å². The molecule has 0 aromatic heterocycles. The lowest BCUT2D eigenvalue weighted by Crippen LogP contribution is -2.58. The molecule has 4 rings (SSSR count). The summed E-state index contributed by atoms with van der Waals surface area (Å²) in [5, 5.41) is 20.6. The van der Waals surface area contributed by atoms with E-state index in [0.29, 0.717) is 22.2 Å². The molecule has 0 aliphatic heterocycles. The van der Waals surface area contributed by atoms with Gasteiger partial charge in [-0.2, -0.15) is 0 Å². The van der Waals surface area contributed by atoms with Crippen molar-refractivity contribution in [3.05, 3.63) is 0 Å². The summed E-state index contributed by atoms with van der Waals surface area (Å²) < 4.78 is 0. The molecule has 0 saturated heterocycles. The van der Waals surface area contributed by atoms with Crippen LogP contribution in [0.3, 0.4) is 0 Å². The van der Waals surface area contributed by atoms with E-state index < -0.39 is 5.60 Å². The van der Waals surface area contributed by atoms with Gasteiger partial charge in [0.1, 0.15) is 0 Å². The molecule has 126 valence electrons. The molecule has 4 aliphatic carbocycles. The first kappa shape index (κ1) is 15.4. The standard InChI is InChI=1S/C20H34O2/c1-17(2)7-4-8-18(3)16(17)6-5-14-11-15-12-19(14,18)9-10-20(15,22)13-21/h14-16,21-22H,4-13H2,1-3H3/t14-,15-,16-,18-,19+,20-/m0/s1. The van der Waals surface area contributed by atoms with Gasteiger partial charge in [0.2, 0.25) is 0 Å². The van der Waals surface area contributed by atoms with Crippen molar-refractivity contribution in [2.75, 3.05) is 6.61 Å². The SMILES string of the molecule is CC1(C)CCC[C@@]2(C)[C@H]1CC[C@H]1C[C@H]3C[C@]12CC[C@]3(O)CO. The maximum atomic E-state index is 10.8. The maximum Gasteiger partial charge on any atom is 0.0905 e. The molecule has 0 radical (unpaired) electrons. The topological polar surface area (TPSA) is 40.5 Å². The van der Waals surface area contributed by atoms with Crippen LogP contribution in [0.1, 0.15) is 78.6 Å². The van der Waals surface area contributed by atoms with E-state index in [9.17, 15) is 10.2 Å². The maximum absolute atomic E-state index is 10.8. The predicted molar refractivity (Wildman–Crippen MR) is 88.4 cm³/mol. The van der Waals surface area contributed by atoms with Gasteiger partial charge in [-0.25, -0.2) is 0 Å². The van der Waals surface area contributed by atoms with Gasteiger partial charge in [-0.05, 0) is 85.4 Å². The van der Waals surface area contributed by atoms with Crippen LogP contribution < -0.4 is 0 Å². The summed E-state index contributed by atoms with van der Waals surface area (Å²) in [5.74, 6) is 1.99. The monoisotopic (exact) mass is 306 g/mol. The van der Waals surface area contributed by atoms with Gasteiger partial charge in [0, 0.05) is 0 Å². The highest BCUT2D eigenvalue weighted by molar-refractivity contribution is 5.18. The lowest BCUT2D eigenvalue weighted by molar-refractivity contribution is -0.177. The van der Waals surface area contributed by atoms with E-state index in [1.807, 2.05) is 0 Å². The van der Waals surface area contributed by atoms with Crippen molar-refractivity contribution in [2.45, 2.75) is 84.2 Å². The summed E-state index contributed by atoms with van der Waals surface area (Å²) in [6.45, 7) is 7.58. The van der Waals surface area contributed by atoms with E-state index in [1.54, 1.807) is 0 Å². The highest BCUT2D eigenvalue weighted by atomic mass is 16.3. The molecule has 4 fully saturated rings. The normalized spacial score (nSPS) is 56.3. The Kier molecular flexibility index (Phi) is 3.16. The lowest BCUT2D eigenvalue weighted by Gasteiger charge is -2.65. The molecule has 2 bridgehead atoms. The zero-order chi connectivity index (χ0) is 15.8. The minimum Gasteiger partial charge on any atom is -0.393 e. The Bertz CT molecular complexity index is 472. The molecule has 2 N–H and O–H groups in total. The number of aliphatic hydroxyl groups is 2. The zero-order valence-electron chi connectivity index (χ0n) is 14.7. The molecule has 6 atom stereocenters. The van der Waals surface area contributed by atoms with Gasteiger partial charge in [0.15, 0.2) is 0 Å². The Morgan fingerprint density at radius 1 is 0.955 bits per heavy atom. The van der Waals surface area contributed by atoms with Crippen molar-refractivity contribution in [3.63, 3.8) is 0 Å². The van der Waals surface area contributed by atoms with Gasteiger partial charge in [0.25, 0.3) is 0 Å². The molecule has 0 aromatic carbocycles. The first-order chi connectivity index (χ1) is 10.3. The molecule has 4 aliphatic rings. The second-order valence-electron chi connectivity index (χ2n) is 10.1. The molecular weight excluding hydrogens is 272 g/mol. The lowest BCUT2D eigenvalue weighted by atomic mass is 9.40. The average Bonchev–Trinajstić information content (AvgIpc) is 2.80. The van der Waals surface area contributed by atoms with Gasteiger partial charge in [-0.15, -0.1) is 0 Å². The number of aliphatic hydroxyl groups excluding tert-OH is 1. The van der Waals surface area contributed by atoms with Crippen LogP contribution in [-0.4, -0.2) is 22.4 Å². The van der Waals surface area contributed by atoms with Crippen LogP contribution in [-0.2, 0) is 0 Å².